The van der Waals surface area contributed by atoms with Crippen molar-refractivity contribution in [3.05, 3.63) is 11.1 Å². The van der Waals surface area contributed by atoms with E-state index in [0.717, 1.165) is 12.1 Å². The average Bonchev–Trinajstić information content (AvgIpc) is 2.57. The van der Waals surface area contributed by atoms with E-state index in [-0.39, 0.29) is 23.3 Å². The normalized spacial score (nSPS) is 14.3. The van der Waals surface area contributed by atoms with Crippen molar-refractivity contribution in [3.8, 4) is 0 Å². The number of rotatable bonds is 11. The second-order valence-electron chi connectivity index (χ2n) is 8.39. The van der Waals surface area contributed by atoms with Crippen molar-refractivity contribution in [2.75, 3.05) is 6.61 Å². The van der Waals surface area contributed by atoms with E-state index >= 15 is 0 Å². The van der Waals surface area contributed by atoms with Crippen molar-refractivity contribution in [3.63, 3.8) is 0 Å². The monoisotopic (exact) mass is 430 g/mol. The molecule has 0 rings (SSSR count). The van der Waals surface area contributed by atoms with Gasteiger partial charge in [-0.1, -0.05) is 27.7 Å². The first-order valence-corrected chi connectivity index (χ1v) is 12.6. The van der Waals surface area contributed by atoms with Crippen molar-refractivity contribution in [1.82, 2.24) is 0 Å². The Morgan fingerprint density at radius 1 is 1.00 bits per heavy atom. The van der Waals surface area contributed by atoms with Gasteiger partial charge in [0.05, 0.1) is 24.7 Å². The molecule has 1 N–H and O–H groups in total. The molecule has 0 aromatic rings. The fourth-order valence-corrected chi connectivity index (χ4v) is 6.73. The number of carboxylic acid groups (broad SMARTS) is 1. The van der Waals surface area contributed by atoms with Crippen molar-refractivity contribution in [2.45, 2.75) is 98.1 Å². The molecular formula is C21H38O7Si. The van der Waals surface area contributed by atoms with Crippen LogP contribution >= 0.6 is 0 Å². The first kappa shape index (κ1) is 27.3. The molecule has 7 nitrogen and oxygen atoms in total. The summed E-state index contributed by atoms with van der Waals surface area (Å²) in [6.45, 7) is 16.5. The van der Waals surface area contributed by atoms with E-state index < -0.39 is 44.4 Å². The minimum absolute atomic E-state index is 0.0196. The van der Waals surface area contributed by atoms with E-state index in [4.69, 9.17) is 13.9 Å². The summed E-state index contributed by atoms with van der Waals surface area (Å²) in [5.74, 6) is -2.56. The molecule has 0 saturated heterocycles. The summed E-state index contributed by atoms with van der Waals surface area (Å²) in [4.78, 5) is 37.0. The molecule has 0 radical (unpaired) electrons. The number of esters is 2. The van der Waals surface area contributed by atoms with E-state index in [1.165, 1.54) is 6.92 Å². The Morgan fingerprint density at radius 2 is 1.52 bits per heavy atom. The summed E-state index contributed by atoms with van der Waals surface area (Å²) >= 11 is 0. The Hall–Kier alpha value is -1.67. The first-order chi connectivity index (χ1) is 13.2. The highest BCUT2D eigenvalue weighted by Gasteiger charge is 2.41. The van der Waals surface area contributed by atoms with Crippen LogP contribution in [0.5, 0.6) is 0 Å². The highest BCUT2D eigenvalue weighted by atomic mass is 28.4. The zero-order chi connectivity index (χ0) is 23.0. The molecule has 0 bridgehead atoms. The van der Waals surface area contributed by atoms with Gasteiger partial charge in [0.2, 0.25) is 0 Å². The topological polar surface area (TPSA) is 99.1 Å². The second-order valence-corrected chi connectivity index (χ2v) is 13.3. The molecule has 0 saturated carbocycles. The van der Waals surface area contributed by atoms with Gasteiger partial charge in [-0.15, -0.1) is 0 Å². The standard InChI is InChI=1S/C21H38O7Si/c1-10-26-19(24)15(6)18(20(25)27-21(7,8)9)16(13-17(22)23)28-29(11-2,12-3)14(4)5/h14,16H,10-13H2,1-9H3,(H,22,23)/b18-15-/t16-/m1/s1. The van der Waals surface area contributed by atoms with Crippen molar-refractivity contribution in [1.29, 1.82) is 0 Å². The largest absolute Gasteiger partial charge is 0.481 e. The molecule has 0 aliphatic rings. The summed E-state index contributed by atoms with van der Waals surface area (Å²) in [6.07, 6.45) is -1.52. The fraction of sp³-hybridized carbons (Fsp3) is 0.762. The van der Waals surface area contributed by atoms with Crippen LogP contribution < -0.4 is 0 Å². The van der Waals surface area contributed by atoms with Gasteiger partial charge in [-0.25, -0.2) is 9.59 Å². The fourth-order valence-electron chi connectivity index (χ4n) is 3.22. The SMILES string of the molecule is CCOC(=O)/C(C)=C(\C(=O)OC(C)(C)C)[C@@H](CC(=O)O)O[Si](CC)(CC)C(C)C. The zero-order valence-corrected chi connectivity index (χ0v) is 20.4. The lowest BCUT2D eigenvalue weighted by Crippen LogP contribution is -2.46. The maximum absolute atomic E-state index is 13.0. The number of carboxylic acids is 1. The smallest absolute Gasteiger partial charge is 0.337 e. The van der Waals surface area contributed by atoms with Gasteiger partial charge in [0.15, 0.2) is 8.32 Å². The van der Waals surface area contributed by atoms with Crippen LogP contribution in [0.15, 0.2) is 11.1 Å². The van der Waals surface area contributed by atoms with Crippen LogP contribution in [0.25, 0.3) is 0 Å². The molecule has 0 spiro atoms. The lowest BCUT2D eigenvalue weighted by molar-refractivity contribution is -0.152. The summed E-state index contributed by atoms with van der Waals surface area (Å²) in [5, 5.41) is 9.50. The lowest BCUT2D eigenvalue weighted by atomic mass is 10.0. The molecule has 0 aromatic heterocycles. The zero-order valence-electron chi connectivity index (χ0n) is 19.4. The molecule has 0 amide bonds. The van der Waals surface area contributed by atoms with Gasteiger partial charge >= 0.3 is 17.9 Å². The lowest BCUT2D eigenvalue weighted by Gasteiger charge is -2.38. The molecule has 0 fully saturated rings. The molecule has 0 aliphatic heterocycles. The Balaban J connectivity index is 6.50. The van der Waals surface area contributed by atoms with Crippen molar-refractivity contribution < 1.29 is 33.4 Å². The maximum Gasteiger partial charge on any atom is 0.337 e. The number of hydrogen-bond donors (Lipinski definition) is 1. The highest BCUT2D eigenvalue weighted by molar-refractivity contribution is 6.75. The van der Waals surface area contributed by atoms with Crippen LogP contribution in [0.1, 0.15) is 68.7 Å². The van der Waals surface area contributed by atoms with Gasteiger partial charge in [0.25, 0.3) is 0 Å². The molecular weight excluding hydrogens is 392 g/mol. The molecule has 29 heavy (non-hydrogen) atoms. The van der Waals surface area contributed by atoms with Gasteiger partial charge in [0.1, 0.15) is 5.60 Å². The third-order valence-electron chi connectivity index (χ3n) is 4.91. The average molecular weight is 431 g/mol. The van der Waals surface area contributed by atoms with Gasteiger partial charge < -0.3 is 19.0 Å². The van der Waals surface area contributed by atoms with E-state index in [9.17, 15) is 19.5 Å². The summed E-state index contributed by atoms with van der Waals surface area (Å²) in [6, 6.07) is 1.52. The molecule has 0 aliphatic carbocycles. The molecule has 8 heteroatoms. The van der Waals surface area contributed by atoms with E-state index in [1.807, 2.05) is 27.7 Å². The molecule has 0 unspecified atom stereocenters. The van der Waals surface area contributed by atoms with Crippen LogP contribution in [0.2, 0.25) is 17.6 Å². The van der Waals surface area contributed by atoms with Gasteiger partial charge in [-0.05, 0) is 52.2 Å². The predicted molar refractivity (Wildman–Crippen MR) is 114 cm³/mol. The van der Waals surface area contributed by atoms with E-state index in [2.05, 4.69) is 0 Å². The predicted octanol–water partition coefficient (Wildman–Crippen LogP) is 4.46. The first-order valence-electron chi connectivity index (χ1n) is 10.2. The molecule has 1 atom stereocenters. The summed E-state index contributed by atoms with van der Waals surface area (Å²) in [5.41, 5.74) is -0.657. The third-order valence-corrected chi connectivity index (χ3v) is 10.2. The Labute approximate surface area is 175 Å². The highest BCUT2D eigenvalue weighted by Crippen LogP contribution is 2.34. The van der Waals surface area contributed by atoms with Crippen LogP contribution in [0.4, 0.5) is 0 Å². The Bertz CT molecular complexity index is 613. The van der Waals surface area contributed by atoms with Gasteiger partial charge in [-0.2, -0.15) is 0 Å². The molecule has 0 aromatic carbocycles. The van der Waals surface area contributed by atoms with Crippen LogP contribution in [-0.2, 0) is 28.3 Å². The molecule has 0 heterocycles. The van der Waals surface area contributed by atoms with Crippen LogP contribution in [0.3, 0.4) is 0 Å². The van der Waals surface area contributed by atoms with E-state index in [1.54, 1.807) is 27.7 Å². The van der Waals surface area contributed by atoms with Crippen molar-refractivity contribution >= 4 is 26.2 Å². The number of ether oxygens (including phenoxy) is 2. The Morgan fingerprint density at radius 3 is 1.86 bits per heavy atom. The number of carbonyl (C=O) groups is 3. The van der Waals surface area contributed by atoms with Gasteiger partial charge in [0, 0.05) is 5.57 Å². The quantitative estimate of drug-likeness (QED) is 0.293. The Kier molecular flexibility index (Phi) is 10.8. The van der Waals surface area contributed by atoms with Crippen LogP contribution in [0, 0.1) is 0 Å². The summed E-state index contributed by atoms with van der Waals surface area (Å²) in [7, 11) is -2.37. The molecule has 168 valence electrons. The van der Waals surface area contributed by atoms with Gasteiger partial charge in [-0.3, -0.25) is 4.79 Å². The minimum atomic E-state index is -2.37. The maximum atomic E-state index is 13.0. The summed E-state index contributed by atoms with van der Waals surface area (Å²) < 4.78 is 17.0. The number of hydrogen-bond acceptors (Lipinski definition) is 6. The number of carbonyl (C=O) groups excluding carboxylic acids is 2. The van der Waals surface area contributed by atoms with Crippen molar-refractivity contribution in [2.24, 2.45) is 0 Å². The third kappa shape index (κ3) is 8.30. The second kappa shape index (κ2) is 11.5. The number of aliphatic carboxylic acids is 1. The van der Waals surface area contributed by atoms with Crippen LogP contribution in [-0.4, -0.2) is 49.6 Å². The van der Waals surface area contributed by atoms with E-state index in [0.29, 0.717) is 0 Å². The minimum Gasteiger partial charge on any atom is -0.481 e.